The van der Waals surface area contributed by atoms with Crippen LogP contribution in [-0.4, -0.2) is 40.1 Å². The van der Waals surface area contributed by atoms with Crippen molar-refractivity contribution in [3.05, 3.63) is 48.2 Å². The lowest BCUT2D eigenvalue weighted by Crippen LogP contribution is -2.31. The monoisotopic (exact) mass is 319 g/mol. The molecule has 8 nitrogen and oxygen atoms in total. The summed E-state index contributed by atoms with van der Waals surface area (Å²) >= 11 is 0. The largest absolute Gasteiger partial charge is 0.478 e. The summed E-state index contributed by atoms with van der Waals surface area (Å²) in [5, 5.41) is 16.9. The van der Waals surface area contributed by atoms with Crippen LogP contribution in [0.4, 0.5) is 0 Å². The fraction of sp³-hybridized carbons (Fsp3) is 0.133. The fourth-order valence-corrected chi connectivity index (χ4v) is 1.79. The average molecular weight is 319 g/mol. The van der Waals surface area contributed by atoms with E-state index in [1.165, 1.54) is 10.9 Å². The number of hydrazine groups is 1. The number of benzene rings is 1. The zero-order valence-electron chi connectivity index (χ0n) is 12.2. The predicted octanol–water partition coefficient (Wildman–Crippen LogP) is 0.673. The van der Waals surface area contributed by atoms with Crippen LogP contribution in [0.5, 0.6) is 0 Å². The Balaban J connectivity index is 0.000000284. The molecule has 0 bridgehead atoms. The van der Waals surface area contributed by atoms with Gasteiger partial charge in [0.2, 0.25) is 6.41 Å². The first kappa shape index (κ1) is 17.9. The number of carbonyl (C=O) groups excluding carboxylic acids is 1. The summed E-state index contributed by atoms with van der Waals surface area (Å²) in [4.78, 5) is 32.3. The average Bonchev–Trinajstić information content (AvgIpc) is 2.94. The molecule has 0 saturated carbocycles. The summed E-state index contributed by atoms with van der Waals surface area (Å²) < 4.78 is 0. The summed E-state index contributed by atoms with van der Waals surface area (Å²) in [5.41, 5.74) is 7.63. The van der Waals surface area contributed by atoms with Crippen LogP contribution in [0.25, 0.3) is 10.9 Å². The van der Waals surface area contributed by atoms with Gasteiger partial charge in [0.05, 0.1) is 0 Å². The number of fused-ring (bicyclic) bond motifs is 1. The van der Waals surface area contributed by atoms with Crippen LogP contribution in [0.2, 0.25) is 0 Å². The van der Waals surface area contributed by atoms with Gasteiger partial charge in [0.15, 0.2) is 0 Å². The number of aromatic nitrogens is 1. The van der Waals surface area contributed by atoms with E-state index < -0.39 is 11.9 Å². The second-order valence-corrected chi connectivity index (χ2v) is 4.31. The number of carbonyl (C=O) groups is 3. The van der Waals surface area contributed by atoms with Crippen molar-refractivity contribution in [3.8, 4) is 0 Å². The summed E-state index contributed by atoms with van der Waals surface area (Å²) in [6, 6.07) is 8.18. The van der Waals surface area contributed by atoms with Gasteiger partial charge in [-0.2, -0.15) is 0 Å². The third kappa shape index (κ3) is 6.91. The molecule has 0 aliphatic carbocycles. The standard InChI is InChI=1S/C11H13N3O.C4H4O4/c15-8-14-13-6-5-9-7-12-11-4-2-1-3-10(9)11;5-3(6)1-2-4(7)8/h1-4,7-8,12-13H,5-6H2,(H,14,15);1-2H,(H,5,6)(H,7,8)/b;2-1-. The summed E-state index contributed by atoms with van der Waals surface area (Å²) in [5.74, 6) is -2.51. The molecule has 0 unspecified atom stereocenters. The Hall–Kier alpha value is -3.13. The maximum atomic E-state index is 10.00. The topological polar surface area (TPSA) is 132 Å². The van der Waals surface area contributed by atoms with Gasteiger partial charge < -0.3 is 15.2 Å². The van der Waals surface area contributed by atoms with Crippen molar-refractivity contribution in [2.24, 2.45) is 0 Å². The molecule has 2 rings (SSSR count). The number of rotatable bonds is 7. The Morgan fingerprint density at radius 1 is 1.13 bits per heavy atom. The zero-order valence-corrected chi connectivity index (χ0v) is 12.2. The van der Waals surface area contributed by atoms with E-state index in [1.807, 2.05) is 18.3 Å². The molecule has 0 aliphatic rings. The number of aliphatic carboxylic acids is 2. The van der Waals surface area contributed by atoms with Crippen molar-refractivity contribution in [1.82, 2.24) is 15.8 Å². The Kier molecular flexibility index (Phi) is 7.59. The van der Waals surface area contributed by atoms with Crippen molar-refractivity contribution < 1.29 is 24.6 Å². The second kappa shape index (κ2) is 9.74. The maximum Gasteiger partial charge on any atom is 0.328 e. The van der Waals surface area contributed by atoms with Crippen molar-refractivity contribution in [3.63, 3.8) is 0 Å². The molecule has 0 saturated heterocycles. The molecule has 0 aliphatic heterocycles. The van der Waals surface area contributed by atoms with Gasteiger partial charge in [-0.15, -0.1) is 0 Å². The van der Waals surface area contributed by atoms with E-state index in [-0.39, 0.29) is 0 Å². The Bertz CT molecular complexity index is 677. The summed E-state index contributed by atoms with van der Waals surface area (Å²) in [7, 11) is 0. The first-order chi connectivity index (χ1) is 11.0. The van der Waals surface area contributed by atoms with E-state index in [4.69, 9.17) is 10.2 Å². The number of hydrogen-bond acceptors (Lipinski definition) is 4. The van der Waals surface area contributed by atoms with Gasteiger partial charge in [0, 0.05) is 35.8 Å². The number of carboxylic acid groups (broad SMARTS) is 2. The first-order valence-electron chi connectivity index (χ1n) is 6.65. The van der Waals surface area contributed by atoms with Crippen molar-refractivity contribution in [2.45, 2.75) is 6.42 Å². The van der Waals surface area contributed by atoms with E-state index in [9.17, 15) is 14.4 Å². The highest BCUT2D eigenvalue weighted by molar-refractivity contribution is 5.89. The number of H-pyrrole nitrogens is 1. The van der Waals surface area contributed by atoms with Gasteiger partial charge in [-0.25, -0.2) is 15.0 Å². The van der Waals surface area contributed by atoms with Crippen LogP contribution >= 0.6 is 0 Å². The van der Waals surface area contributed by atoms with Crippen LogP contribution in [0.3, 0.4) is 0 Å². The van der Waals surface area contributed by atoms with Gasteiger partial charge in [0.25, 0.3) is 0 Å². The molecule has 2 aromatic rings. The number of para-hydroxylation sites is 1. The van der Waals surface area contributed by atoms with E-state index in [0.29, 0.717) is 18.6 Å². The minimum absolute atomic E-state index is 0.558. The van der Waals surface area contributed by atoms with Crippen molar-refractivity contribution >= 4 is 29.3 Å². The lowest BCUT2D eigenvalue weighted by Gasteiger charge is -2.01. The highest BCUT2D eigenvalue weighted by Gasteiger charge is 2.01. The molecule has 5 N–H and O–H groups in total. The highest BCUT2D eigenvalue weighted by atomic mass is 16.4. The summed E-state index contributed by atoms with van der Waals surface area (Å²) in [6.45, 7) is 0.723. The number of nitrogens with one attached hydrogen (secondary N) is 3. The molecule has 1 aromatic carbocycles. The normalized spacial score (nSPS) is 10.1. The van der Waals surface area contributed by atoms with Crippen LogP contribution in [0.1, 0.15) is 5.56 Å². The molecule has 1 heterocycles. The molecule has 1 aromatic heterocycles. The minimum Gasteiger partial charge on any atom is -0.478 e. The summed E-state index contributed by atoms with van der Waals surface area (Å²) in [6.07, 6.45) is 4.64. The van der Waals surface area contributed by atoms with E-state index in [1.54, 1.807) is 0 Å². The molecule has 23 heavy (non-hydrogen) atoms. The molecule has 0 spiro atoms. The van der Waals surface area contributed by atoms with Gasteiger partial charge in [0.1, 0.15) is 0 Å². The van der Waals surface area contributed by atoms with Gasteiger partial charge >= 0.3 is 11.9 Å². The zero-order chi connectivity index (χ0) is 17.1. The van der Waals surface area contributed by atoms with Crippen LogP contribution < -0.4 is 10.9 Å². The highest BCUT2D eigenvalue weighted by Crippen LogP contribution is 2.17. The number of carboxylic acids is 2. The Labute approximate surface area is 131 Å². The molecule has 0 fully saturated rings. The molecule has 0 atom stereocenters. The third-order valence-electron chi connectivity index (χ3n) is 2.72. The molecule has 122 valence electrons. The number of hydrogen-bond donors (Lipinski definition) is 5. The van der Waals surface area contributed by atoms with E-state index >= 15 is 0 Å². The lowest BCUT2D eigenvalue weighted by molar-refractivity contribution is -0.134. The van der Waals surface area contributed by atoms with Crippen molar-refractivity contribution in [1.29, 1.82) is 0 Å². The maximum absolute atomic E-state index is 10.00. The third-order valence-corrected chi connectivity index (χ3v) is 2.72. The minimum atomic E-state index is -1.26. The molecular weight excluding hydrogens is 302 g/mol. The second-order valence-electron chi connectivity index (χ2n) is 4.31. The van der Waals surface area contributed by atoms with Gasteiger partial charge in [-0.1, -0.05) is 18.2 Å². The Morgan fingerprint density at radius 3 is 2.39 bits per heavy atom. The predicted molar refractivity (Wildman–Crippen MR) is 83.6 cm³/mol. The smallest absolute Gasteiger partial charge is 0.328 e. The van der Waals surface area contributed by atoms with Crippen molar-refractivity contribution in [2.75, 3.05) is 6.54 Å². The Morgan fingerprint density at radius 2 is 1.78 bits per heavy atom. The van der Waals surface area contributed by atoms with E-state index in [0.717, 1.165) is 18.5 Å². The van der Waals surface area contributed by atoms with E-state index in [2.05, 4.69) is 28.0 Å². The van der Waals surface area contributed by atoms with Crippen LogP contribution in [-0.2, 0) is 20.8 Å². The SMILES string of the molecule is O=C(O)/C=C\C(=O)O.O=CNNCCc1c[nH]c2ccccc12. The fourth-order valence-electron chi connectivity index (χ4n) is 1.79. The lowest BCUT2D eigenvalue weighted by atomic mass is 10.1. The molecule has 1 amide bonds. The first-order valence-corrected chi connectivity index (χ1v) is 6.65. The number of aromatic amines is 1. The molecular formula is C15H17N3O5. The van der Waals surface area contributed by atoms with Crippen LogP contribution in [0, 0.1) is 0 Å². The quantitative estimate of drug-likeness (QED) is 0.221. The van der Waals surface area contributed by atoms with Crippen LogP contribution in [0.15, 0.2) is 42.6 Å². The van der Waals surface area contributed by atoms with Gasteiger partial charge in [-0.3, -0.25) is 10.2 Å². The molecule has 0 radical (unpaired) electrons. The molecule has 8 heteroatoms. The van der Waals surface area contributed by atoms with Gasteiger partial charge in [-0.05, 0) is 18.1 Å². The number of amides is 1.